The van der Waals surface area contributed by atoms with Crippen LogP contribution in [0.2, 0.25) is 5.02 Å². The molecule has 0 unspecified atom stereocenters. The van der Waals surface area contributed by atoms with Gasteiger partial charge < -0.3 is 21.1 Å². The van der Waals surface area contributed by atoms with Gasteiger partial charge in [-0.3, -0.25) is 0 Å². The lowest BCUT2D eigenvalue weighted by Gasteiger charge is -2.19. The van der Waals surface area contributed by atoms with Crippen molar-refractivity contribution in [2.45, 2.75) is 44.6 Å². The molecule has 0 bridgehead atoms. The van der Waals surface area contributed by atoms with E-state index in [-0.39, 0.29) is 0 Å². The number of aromatic nitrogens is 2. The van der Waals surface area contributed by atoms with Crippen LogP contribution < -0.4 is 21.1 Å². The number of rotatable bonds is 5. The number of anilines is 4. The van der Waals surface area contributed by atoms with Gasteiger partial charge in [-0.2, -0.15) is 0 Å². The Labute approximate surface area is 153 Å². The van der Waals surface area contributed by atoms with Crippen LogP contribution in [0, 0.1) is 0 Å². The SMILES string of the molecule is COc1ccc(Cl)cc1Nc1ncnc(NC2CCCCCC2)c1N. The summed E-state index contributed by atoms with van der Waals surface area (Å²) in [5.74, 6) is 1.87. The first kappa shape index (κ1) is 17.6. The van der Waals surface area contributed by atoms with Gasteiger partial charge in [0.1, 0.15) is 17.8 Å². The lowest BCUT2D eigenvalue weighted by atomic mass is 10.1. The standard InChI is InChI=1S/C18H24ClN5O/c1-25-15-9-8-12(19)10-14(15)24-18-16(20)17(21-11-22-18)23-13-6-4-2-3-5-7-13/h8-11,13H,2-7,20H2,1H3,(H2,21,22,23,24). The summed E-state index contributed by atoms with van der Waals surface area (Å²) < 4.78 is 5.36. The van der Waals surface area contributed by atoms with Gasteiger partial charge in [0.2, 0.25) is 0 Å². The summed E-state index contributed by atoms with van der Waals surface area (Å²) in [6, 6.07) is 5.76. The van der Waals surface area contributed by atoms with Gasteiger partial charge in [0, 0.05) is 11.1 Å². The highest BCUT2D eigenvalue weighted by Crippen LogP contribution is 2.33. The van der Waals surface area contributed by atoms with Crippen LogP contribution in [0.5, 0.6) is 5.75 Å². The molecular weight excluding hydrogens is 338 g/mol. The number of nitrogen functional groups attached to an aromatic ring is 1. The summed E-state index contributed by atoms with van der Waals surface area (Å²) in [5.41, 5.74) is 7.50. The second kappa shape index (κ2) is 8.25. The second-order valence-corrected chi connectivity index (χ2v) is 6.72. The maximum atomic E-state index is 6.29. The summed E-state index contributed by atoms with van der Waals surface area (Å²) in [7, 11) is 1.61. The highest BCUT2D eigenvalue weighted by molar-refractivity contribution is 6.31. The average Bonchev–Trinajstić information content (AvgIpc) is 2.87. The molecule has 1 fully saturated rings. The van der Waals surface area contributed by atoms with E-state index in [1.165, 1.54) is 32.0 Å². The van der Waals surface area contributed by atoms with Gasteiger partial charge in [-0.1, -0.05) is 37.3 Å². The Morgan fingerprint density at radius 2 is 1.84 bits per heavy atom. The van der Waals surface area contributed by atoms with Crippen LogP contribution in [0.15, 0.2) is 24.5 Å². The molecule has 4 N–H and O–H groups in total. The summed E-state index contributed by atoms with van der Waals surface area (Å²) in [6.45, 7) is 0. The molecule has 1 aliphatic rings. The van der Waals surface area contributed by atoms with E-state index in [0.717, 1.165) is 12.8 Å². The van der Waals surface area contributed by atoms with Crippen molar-refractivity contribution in [3.8, 4) is 5.75 Å². The predicted octanol–water partition coefficient (Wildman–Crippen LogP) is 4.60. The molecule has 1 heterocycles. The van der Waals surface area contributed by atoms with Gasteiger partial charge in [-0.25, -0.2) is 9.97 Å². The van der Waals surface area contributed by atoms with Crippen LogP contribution in [-0.4, -0.2) is 23.1 Å². The number of hydrogen-bond acceptors (Lipinski definition) is 6. The van der Waals surface area contributed by atoms with E-state index in [1.54, 1.807) is 25.3 Å². The number of methoxy groups -OCH3 is 1. The highest BCUT2D eigenvalue weighted by Gasteiger charge is 2.16. The van der Waals surface area contributed by atoms with Crippen molar-refractivity contribution in [3.05, 3.63) is 29.5 Å². The van der Waals surface area contributed by atoms with Gasteiger partial charge >= 0.3 is 0 Å². The summed E-state index contributed by atoms with van der Waals surface area (Å²) in [5, 5.41) is 7.28. The topological polar surface area (TPSA) is 85.1 Å². The summed E-state index contributed by atoms with van der Waals surface area (Å²) in [6.07, 6.45) is 8.90. The van der Waals surface area contributed by atoms with Gasteiger partial charge in [0.05, 0.1) is 12.8 Å². The average molecular weight is 362 g/mol. The first-order valence-electron chi connectivity index (χ1n) is 8.65. The molecule has 0 atom stereocenters. The lowest BCUT2D eigenvalue weighted by Crippen LogP contribution is -2.20. The lowest BCUT2D eigenvalue weighted by molar-refractivity contribution is 0.417. The number of hydrogen-bond donors (Lipinski definition) is 3. The quantitative estimate of drug-likeness (QED) is 0.675. The van der Waals surface area contributed by atoms with E-state index >= 15 is 0 Å². The van der Waals surface area contributed by atoms with Gasteiger partial charge in [0.25, 0.3) is 0 Å². The van der Waals surface area contributed by atoms with E-state index in [0.29, 0.717) is 39.8 Å². The van der Waals surface area contributed by atoms with Gasteiger partial charge in [-0.05, 0) is 31.0 Å². The molecule has 25 heavy (non-hydrogen) atoms. The van der Waals surface area contributed by atoms with E-state index < -0.39 is 0 Å². The van der Waals surface area contributed by atoms with Crippen LogP contribution in [0.3, 0.4) is 0 Å². The van der Waals surface area contributed by atoms with E-state index in [4.69, 9.17) is 22.1 Å². The Bertz CT molecular complexity index is 717. The van der Waals surface area contributed by atoms with Crippen molar-refractivity contribution in [1.29, 1.82) is 0 Å². The van der Waals surface area contributed by atoms with Crippen LogP contribution in [0.25, 0.3) is 0 Å². The third-order valence-electron chi connectivity index (χ3n) is 4.49. The van der Waals surface area contributed by atoms with Crippen LogP contribution >= 0.6 is 11.6 Å². The first-order chi connectivity index (χ1) is 12.2. The van der Waals surface area contributed by atoms with E-state index in [1.807, 2.05) is 0 Å². The van der Waals surface area contributed by atoms with Crippen molar-refractivity contribution in [2.75, 3.05) is 23.5 Å². The first-order valence-corrected chi connectivity index (χ1v) is 9.02. The Kier molecular flexibility index (Phi) is 5.81. The normalized spacial score (nSPS) is 15.4. The fraction of sp³-hybridized carbons (Fsp3) is 0.444. The molecule has 134 valence electrons. The van der Waals surface area contributed by atoms with Crippen molar-refractivity contribution < 1.29 is 4.74 Å². The zero-order chi connectivity index (χ0) is 17.6. The number of nitrogens with zero attached hydrogens (tertiary/aromatic N) is 2. The van der Waals surface area contributed by atoms with Crippen molar-refractivity contribution in [2.24, 2.45) is 0 Å². The number of ether oxygens (including phenoxy) is 1. The molecule has 0 saturated heterocycles. The number of nitrogens with two attached hydrogens (primary N) is 1. The minimum Gasteiger partial charge on any atom is -0.495 e. The molecule has 1 aromatic heterocycles. The Balaban J connectivity index is 1.80. The number of halogens is 1. The van der Waals surface area contributed by atoms with Crippen LogP contribution in [-0.2, 0) is 0 Å². The largest absolute Gasteiger partial charge is 0.495 e. The van der Waals surface area contributed by atoms with Crippen LogP contribution in [0.4, 0.5) is 23.0 Å². The number of benzene rings is 1. The minimum absolute atomic E-state index is 0.410. The highest BCUT2D eigenvalue weighted by atomic mass is 35.5. The molecule has 0 spiro atoms. The van der Waals surface area contributed by atoms with Crippen molar-refractivity contribution >= 4 is 34.6 Å². The maximum absolute atomic E-state index is 6.29. The third kappa shape index (κ3) is 4.45. The molecule has 0 radical (unpaired) electrons. The zero-order valence-electron chi connectivity index (χ0n) is 14.4. The fourth-order valence-corrected chi connectivity index (χ4v) is 3.30. The van der Waals surface area contributed by atoms with Crippen molar-refractivity contribution in [1.82, 2.24) is 9.97 Å². The molecule has 1 saturated carbocycles. The molecule has 0 aliphatic heterocycles. The molecule has 2 aromatic rings. The number of nitrogens with one attached hydrogen (secondary N) is 2. The molecule has 1 aliphatic carbocycles. The Morgan fingerprint density at radius 1 is 1.12 bits per heavy atom. The predicted molar refractivity (Wildman–Crippen MR) is 103 cm³/mol. The monoisotopic (exact) mass is 361 g/mol. The fourth-order valence-electron chi connectivity index (χ4n) is 3.13. The third-order valence-corrected chi connectivity index (χ3v) is 4.73. The van der Waals surface area contributed by atoms with Crippen LogP contribution in [0.1, 0.15) is 38.5 Å². The van der Waals surface area contributed by atoms with E-state index in [2.05, 4.69) is 20.6 Å². The van der Waals surface area contributed by atoms with Crippen molar-refractivity contribution in [3.63, 3.8) is 0 Å². The molecule has 7 heteroatoms. The smallest absolute Gasteiger partial charge is 0.159 e. The second-order valence-electron chi connectivity index (χ2n) is 6.29. The Morgan fingerprint density at radius 3 is 2.56 bits per heavy atom. The molecule has 6 nitrogen and oxygen atoms in total. The Hall–Kier alpha value is -2.21. The maximum Gasteiger partial charge on any atom is 0.159 e. The van der Waals surface area contributed by atoms with Gasteiger partial charge in [-0.15, -0.1) is 0 Å². The molecular formula is C18H24ClN5O. The molecule has 1 aromatic carbocycles. The zero-order valence-corrected chi connectivity index (χ0v) is 15.1. The van der Waals surface area contributed by atoms with Gasteiger partial charge in [0.15, 0.2) is 11.6 Å². The summed E-state index contributed by atoms with van der Waals surface area (Å²) >= 11 is 6.08. The minimum atomic E-state index is 0.410. The van der Waals surface area contributed by atoms with E-state index in [9.17, 15) is 0 Å². The molecule has 3 rings (SSSR count). The molecule has 0 amide bonds. The summed E-state index contributed by atoms with van der Waals surface area (Å²) in [4.78, 5) is 8.59.